The van der Waals surface area contributed by atoms with Gasteiger partial charge in [-0.05, 0) is 49.7 Å². The lowest BCUT2D eigenvalue weighted by Crippen LogP contribution is -2.49. The number of aryl methyl sites for hydroxylation is 1. The van der Waals surface area contributed by atoms with Gasteiger partial charge in [-0.15, -0.1) is 0 Å². The minimum absolute atomic E-state index is 0.0670. The number of pyridine rings is 2. The summed E-state index contributed by atoms with van der Waals surface area (Å²) in [7, 11) is -2.63. The van der Waals surface area contributed by atoms with Gasteiger partial charge in [0.15, 0.2) is 5.03 Å². The molecule has 1 aromatic carbocycles. The second-order valence-electron chi connectivity index (χ2n) is 8.39. The molecule has 3 aromatic rings. The summed E-state index contributed by atoms with van der Waals surface area (Å²) in [5.74, 6) is 0.0759. The van der Waals surface area contributed by atoms with E-state index in [9.17, 15) is 21.6 Å². The van der Waals surface area contributed by atoms with E-state index in [2.05, 4.69) is 25.3 Å². The third kappa shape index (κ3) is 5.77. The molecule has 2 aromatic heterocycles. The highest BCUT2D eigenvalue weighted by molar-refractivity contribution is 7.92. The summed E-state index contributed by atoms with van der Waals surface area (Å²) in [6, 6.07) is 12.6. The number of rotatable bonds is 7. The van der Waals surface area contributed by atoms with Gasteiger partial charge in [0.1, 0.15) is 11.6 Å². The molecule has 8 nitrogen and oxygen atoms in total. The fourth-order valence-corrected chi connectivity index (χ4v) is 5.04. The number of hydrogen-bond acceptors (Lipinski definition) is 7. The van der Waals surface area contributed by atoms with Gasteiger partial charge in [0, 0.05) is 19.2 Å². The number of alkyl halides is 3. The van der Waals surface area contributed by atoms with E-state index in [4.69, 9.17) is 4.74 Å². The highest BCUT2D eigenvalue weighted by atomic mass is 32.2. The Balaban J connectivity index is 1.63. The number of nitrogens with zero attached hydrogens (tertiary/aromatic N) is 2. The molecule has 0 unspecified atom stereocenters. The van der Waals surface area contributed by atoms with E-state index in [-0.39, 0.29) is 34.2 Å². The van der Waals surface area contributed by atoms with Gasteiger partial charge in [0.25, 0.3) is 10.0 Å². The van der Waals surface area contributed by atoms with Crippen molar-refractivity contribution in [2.75, 3.05) is 30.2 Å². The summed E-state index contributed by atoms with van der Waals surface area (Å²) in [6.45, 7) is 3.09. The molecule has 3 heterocycles. The van der Waals surface area contributed by atoms with Crippen LogP contribution in [0.25, 0.3) is 11.3 Å². The molecule has 0 spiro atoms. The van der Waals surface area contributed by atoms with Gasteiger partial charge in [-0.1, -0.05) is 30.3 Å². The second-order valence-corrected chi connectivity index (χ2v) is 10.0. The Hall–Kier alpha value is -3.22. The minimum Gasteiger partial charge on any atom is -0.379 e. The minimum atomic E-state index is -4.67. The molecule has 2 atom stereocenters. The van der Waals surface area contributed by atoms with E-state index >= 15 is 0 Å². The summed E-state index contributed by atoms with van der Waals surface area (Å²) in [5, 5.41) is 6.13. The first kappa shape index (κ1) is 25.9. The zero-order valence-corrected chi connectivity index (χ0v) is 20.4. The molecule has 0 radical (unpaired) electrons. The number of ether oxygens (including phenoxy) is 1. The van der Waals surface area contributed by atoms with Gasteiger partial charge in [0.2, 0.25) is 0 Å². The molecule has 0 bridgehead atoms. The van der Waals surface area contributed by atoms with Crippen molar-refractivity contribution in [2.45, 2.75) is 36.7 Å². The van der Waals surface area contributed by atoms with Crippen LogP contribution in [0.4, 0.5) is 24.8 Å². The predicted molar refractivity (Wildman–Crippen MR) is 130 cm³/mol. The van der Waals surface area contributed by atoms with Crippen molar-refractivity contribution in [2.24, 2.45) is 0 Å². The van der Waals surface area contributed by atoms with Crippen LogP contribution in [0, 0.1) is 6.92 Å². The maximum atomic E-state index is 13.7. The van der Waals surface area contributed by atoms with Crippen molar-refractivity contribution in [3.63, 3.8) is 0 Å². The van der Waals surface area contributed by atoms with Crippen LogP contribution < -0.4 is 15.4 Å². The van der Waals surface area contributed by atoms with Crippen LogP contribution in [0.3, 0.4) is 0 Å². The van der Waals surface area contributed by atoms with E-state index in [0.29, 0.717) is 17.9 Å². The monoisotopic (exact) mass is 521 g/mol. The molecule has 1 saturated heterocycles. The lowest BCUT2D eigenvalue weighted by molar-refractivity contribution is -0.137. The molecule has 0 aliphatic carbocycles. The zero-order valence-electron chi connectivity index (χ0n) is 19.6. The smallest absolute Gasteiger partial charge is 0.379 e. The van der Waals surface area contributed by atoms with Gasteiger partial charge in [-0.2, -0.15) is 21.6 Å². The largest absolute Gasteiger partial charge is 0.418 e. The quantitative estimate of drug-likeness (QED) is 0.431. The molecule has 36 heavy (non-hydrogen) atoms. The normalized spacial score (nSPS) is 18.6. The SMILES string of the molecule is CO[C@H]1CCNC[C@H]1Nc1cccc(S(=O)(=O)Nc2ccc(C(F)(F)F)c(-c3ccccc3C)n2)n1. The molecular weight excluding hydrogens is 495 g/mol. The summed E-state index contributed by atoms with van der Waals surface area (Å²) in [6.07, 6.45) is -3.95. The fraction of sp³-hybridized carbons (Fsp3) is 0.333. The molecule has 12 heteroatoms. The average Bonchev–Trinajstić information content (AvgIpc) is 2.84. The third-order valence-electron chi connectivity index (χ3n) is 5.89. The molecule has 1 fully saturated rings. The van der Waals surface area contributed by atoms with Crippen LogP contribution in [-0.2, 0) is 20.9 Å². The Kier molecular flexibility index (Phi) is 7.48. The maximum Gasteiger partial charge on any atom is 0.418 e. The summed E-state index contributed by atoms with van der Waals surface area (Å²) in [5.41, 5.74) is -0.496. The van der Waals surface area contributed by atoms with Crippen LogP contribution in [0.5, 0.6) is 0 Å². The topological polar surface area (TPSA) is 105 Å². The summed E-state index contributed by atoms with van der Waals surface area (Å²) < 4.78 is 74.9. The second kappa shape index (κ2) is 10.4. The number of sulfonamides is 1. The highest BCUT2D eigenvalue weighted by Gasteiger charge is 2.35. The lowest BCUT2D eigenvalue weighted by Gasteiger charge is -2.32. The van der Waals surface area contributed by atoms with E-state index in [0.717, 1.165) is 25.1 Å². The Bertz CT molecular complexity index is 1330. The molecule has 192 valence electrons. The van der Waals surface area contributed by atoms with Crippen molar-refractivity contribution >= 4 is 21.7 Å². The standard InChI is InChI=1S/C24H26F3N5O3S/c1-15-6-3-4-7-16(15)23-17(24(25,26)27)10-11-21(31-23)32-36(33,34)22-9-5-8-20(30-22)29-18-14-28-13-12-19(18)35-2/h3-11,18-19,28H,12-14H2,1-2H3,(H,29,30)(H,31,32)/t18-,19+/m1/s1. The first-order chi connectivity index (χ1) is 17.1. The van der Waals surface area contributed by atoms with Crippen molar-refractivity contribution in [1.82, 2.24) is 15.3 Å². The molecule has 1 aliphatic heterocycles. The first-order valence-electron chi connectivity index (χ1n) is 11.2. The van der Waals surface area contributed by atoms with Crippen LogP contribution in [0.15, 0.2) is 59.6 Å². The molecule has 0 saturated carbocycles. The Morgan fingerprint density at radius 2 is 1.81 bits per heavy atom. The van der Waals surface area contributed by atoms with Gasteiger partial charge in [0.05, 0.1) is 23.4 Å². The number of benzene rings is 1. The Morgan fingerprint density at radius 1 is 1.03 bits per heavy atom. The van der Waals surface area contributed by atoms with E-state index in [1.807, 2.05) is 0 Å². The number of piperidine rings is 1. The molecule has 3 N–H and O–H groups in total. The number of hydrogen-bond donors (Lipinski definition) is 3. The molecular formula is C24H26F3N5O3S. The van der Waals surface area contributed by atoms with Crippen molar-refractivity contribution < 1.29 is 26.3 Å². The van der Waals surface area contributed by atoms with Gasteiger partial charge < -0.3 is 15.4 Å². The molecule has 0 amide bonds. The van der Waals surface area contributed by atoms with Crippen molar-refractivity contribution in [3.8, 4) is 11.3 Å². The highest BCUT2D eigenvalue weighted by Crippen LogP contribution is 2.38. The fourth-order valence-electron chi connectivity index (χ4n) is 4.07. The number of methoxy groups -OCH3 is 1. The lowest BCUT2D eigenvalue weighted by atomic mass is 10.0. The van der Waals surface area contributed by atoms with Gasteiger partial charge >= 0.3 is 6.18 Å². The van der Waals surface area contributed by atoms with Crippen molar-refractivity contribution in [1.29, 1.82) is 0 Å². The van der Waals surface area contributed by atoms with Crippen LogP contribution in [0.2, 0.25) is 0 Å². The van der Waals surface area contributed by atoms with E-state index in [1.54, 1.807) is 38.3 Å². The van der Waals surface area contributed by atoms with E-state index < -0.39 is 21.8 Å². The maximum absolute atomic E-state index is 13.7. The molecule has 1 aliphatic rings. The summed E-state index contributed by atoms with van der Waals surface area (Å²) in [4.78, 5) is 8.24. The van der Waals surface area contributed by atoms with Gasteiger partial charge in [-0.25, -0.2) is 9.97 Å². The van der Waals surface area contributed by atoms with Crippen LogP contribution >= 0.6 is 0 Å². The van der Waals surface area contributed by atoms with Gasteiger partial charge in [-0.3, -0.25) is 4.72 Å². The number of anilines is 2. The zero-order chi connectivity index (χ0) is 25.9. The van der Waals surface area contributed by atoms with Crippen LogP contribution in [0.1, 0.15) is 17.5 Å². The molecule has 4 rings (SSSR count). The number of halogens is 3. The summed E-state index contributed by atoms with van der Waals surface area (Å²) >= 11 is 0. The Morgan fingerprint density at radius 3 is 2.53 bits per heavy atom. The van der Waals surface area contributed by atoms with E-state index in [1.165, 1.54) is 18.2 Å². The number of nitrogens with one attached hydrogen (secondary N) is 3. The average molecular weight is 522 g/mol. The third-order valence-corrected chi connectivity index (χ3v) is 7.15. The first-order valence-corrected chi connectivity index (χ1v) is 12.7. The predicted octanol–water partition coefficient (Wildman–Crippen LogP) is 4.06. The number of aromatic nitrogens is 2. The van der Waals surface area contributed by atoms with Crippen LogP contribution in [-0.4, -0.2) is 50.7 Å². The van der Waals surface area contributed by atoms with Crippen molar-refractivity contribution in [3.05, 3.63) is 65.7 Å². The Labute approximate surface area is 207 Å².